The van der Waals surface area contributed by atoms with Gasteiger partial charge >= 0.3 is 0 Å². The van der Waals surface area contributed by atoms with Gasteiger partial charge in [0, 0.05) is 6.54 Å². The third-order valence-corrected chi connectivity index (χ3v) is 6.18. The number of amides is 1. The summed E-state index contributed by atoms with van der Waals surface area (Å²) >= 11 is 13.5. The molecule has 0 spiro atoms. The Kier molecular flexibility index (Phi) is 7.64. The van der Waals surface area contributed by atoms with Crippen LogP contribution in [0.5, 0.6) is 5.75 Å². The number of carbonyl (C=O) groups excluding carboxylic acids is 1. The van der Waals surface area contributed by atoms with Crippen molar-refractivity contribution in [3.05, 3.63) is 63.4 Å². The fraction of sp³-hybridized carbons (Fsp3) is 0.286. The Morgan fingerprint density at radius 2 is 1.83 bits per heavy atom. The number of thioether (sulfide) groups is 1. The Hall–Kier alpha value is -2.22. The first-order valence-corrected chi connectivity index (χ1v) is 11.1. The fourth-order valence-electron chi connectivity index (χ4n) is 2.80. The maximum atomic E-state index is 12.3. The summed E-state index contributed by atoms with van der Waals surface area (Å²) in [7, 11) is 0. The number of para-hydroxylation sites is 1. The molecular weight excluding hydrogens is 443 g/mol. The minimum atomic E-state index is -0.228. The molecule has 0 aliphatic heterocycles. The maximum Gasteiger partial charge on any atom is 0.234 e. The van der Waals surface area contributed by atoms with Gasteiger partial charge in [-0.2, -0.15) is 0 Å². The topological polar surface area (TPSA) is 69.0 Å². The lowest BCUT2D eigenvalue weighted by molar-refractivity contribution is -0.113. The molecule has 0 fully saturated rings. The average molecular weight is 465 g/mol. The van der Waals surface area contributed by atoms with Crippen molar-refractivity contribution >= 4 is 46.6 Å². The molecule has 0 saturated carbocycles. The zero-order valence-corrected chi connectivity index (χ0v) is 19.2. The van der Waals surface area contributed by atoms with Gasteiger partial charge in [0.25, 0.3) is 0 Å². The van der Waals surface area contributed by atoms with Crippen molar-refractivity contribution < 1.29 is 9.53 Å². The quantitative estimate of drug-likeness (QED) is 0.443. The molecule has 9 heteroatoms. The first-order chi connectivity index (χ1) is 14.4. The minimum Gasteiger partial charge on any atom is -0.485 e. The lowest BCUT2D eigenvalue weighted by Crippen LogP contribution is -2.15. The number of rotatable bonds is 8. The summed E-state index contributed by atoms with van der Waals surface area (Å²) < 4.78 is 7.89. The molecule has 1 N–H and O–H groups in total. The Bertz CT molecular complexity index is 1040. The van der Waals surface area contributed by atoms with Crippen LogP contribution in [-0.2, 0) is 17.9 Å². The number of nitrogens with one attached hydrogen (secondary N) is 1. The van der Waals surface area contributed by atoms with Crippen molar-refractivity contribution in [3.63, 3.8) is 0 Å². The van der Waals surface area contributed by atoms with Crippen LogP contribution in [-0.4, -0.2) is 26.4 Å². The van der Waals surface area contributed by atoms with E-state index in [4.69, 9.17) is 27.9 Å². The summed E-state index contributed by atoms with van der Waals surface area (Å²) in [5.74, 6) is 1.45. The number of hydrogen-bond donors (Lipinski definition) is 1. The van der Waals surface area contributed by atoms with Gasteiger partial charge in [0.15, 0.2) is 11.0 Å². The number of benzene rings is 2. The van der Waals surface area contributed by atoms with Gasteiger partial charge in [-0.3, -0.25) is 4.79 Å². The van der Waals surface area contributed by atoms with Crippen LogP contribution in [0.25, 0.3) is 0 Å². The molecule has 0 saturated heterocycles. The first kappa shape index (κ1) is 22.5. The van der Waals surface area contributed by atoms with Crippen molar-refractivity contribution in [2.45, 2.75) is 39.1 Å². The molecule has 1 aromatic heterocycles. The predicted molar refractivity (Wildman–Crippen MR) is 122 cm³/mol. The molecule has 0 atom stereocenters. The third kappa shape index (κ3) is 5.28. The molecule has 6 nitrogen and oxygen atoms in total. The Morgan fingerprint density at radius 3 is 2.53 bits per heavy atom. The molecule has 0 unspecified atom stereocenters. The van der Waals surface area contributed by atoms with E-state index >= 15 is 0 Å². The number of aryl methyl sites for hydroxylation is 1. The average Bonchev–Trinajstić information content (AvgIpc) is 3.12. The van der Waals surface area contributed by atoms with Crippen LogP contribution in [0.1, 0.15) is 23.9 Å². The number of carbonyl (C=O) groups is 1. The molecule has 30 heavy (non-hydrogen) atoms. The standard InChI is InChI=1S/C21H22Cl2N4O2S/c1-4-27-18(11-29-17-10-5-7-13(2)14(17)3)25-26-21(27)30-12-19(28)24-20-15(22)8-6-9-16(20)23/h5-10H,4,11-12H2,1-3H3,(H,24,28). The second-order valence-electron chi connectivity index (χ2n) is 6.56. The van der Waals surface area contributed by atoms with Gasteiger partial charge in [-0.25, -0.2) is 0 Å². The monoisotopic (exact) mass is 464 g/mol. The van der Waals surface area contributed by atoms with Crippen molar-refractivity contribution in [1.29, 1.82) is 0 Å². The zero-order chi connectivity index (χ0) is 21.7. The van der Waals surface area contributed by atoms with Crippen molar-refractivity contribution in [2.24, 2.45) is 0 Å². The van der Waals surface area contributed by atoms with Crippen LogP contribution in [0.2, 0.25) is 10.0 Å². The smallest absolute Gasteiger partial charge is 0.234 e. The SMILES string of the molecule is CCn1c(COc2cccc(C)c2C)nnc1SCC(=O)Nc1c(Cl)cccc1Cl. The maximum absolute atomic E-state index is 12.3. The number of aromatic nitrogens is 3. The molecule has 2 aromatic carbocycles. The Balaban J connectivity index is 1.62. The highest BCUT2D eigenvalue weighted by molar-refractivity contribution is 7.99. The Morgan fingerprint density at radius 1 is 1.13 bits per heavy atom. The van der Waals surface area contributed by atoms with Gasteiger partial charge in [-0.1, -0.05) is 53.2 Å². The van der Waals surface area contributed by atoms with E-state index < -0.39 is 0 Å². The molecule has 0 bridgehead atoms. The molecular formula is C21H22Cl2N4O2S. The molecule has 0 aliphatic rings. The van der Waals surface area contributed by atoms with Crippen molar-refractivity contribution in [3.8, 4) is 5.75 Å². The number of ether oxygens (including phenoxy) is 1. The molecule has 0 aliphatic carbocycles. The molecule has 1 heterocycles. The summed E-state index contributed by atoms with van der Waals surface area (Å²) in [6, 6.07) is 11.0. The zero-order valence-electron chi connectivity index (χ0n) is 16.9. The van der Waals surface area contributed by atoms with Crippen molar-refractivity contribution in [1.82, 2.24) is 14.8 Å². The highest BCUT2D eigenvalue weighted by atomic mass is 35.5. The van der Waals surface area contributed by atoms with Gasteiger partial charge in [0.1, 0.15) is 12.4 Å². The van der Waals surface area contributed by atoms with Gasteiger partial charge < -0.3 is 14.6 Å². The molecule has 1 amide bonds. The van der Waals surface area contributed by atoms with E-state index in [2.05, 4.69) is 15.5 Å². The van der Waals surface area contributed by atoms with Gasteiger partial charge in [-0.05, 0) is 50.1 Å². The van der Waals surface area contributed by atoms with E-state index in [1.54, 1.807) is 18.2 Å². The predicted octanol–water partition coefficient (Wildman–Crippen LogP) is 5.53. The van der Waals surface area contributed by atoms with Crippen LogP contribution in [0.3, 0.4) is 0 Å². The van der Waals surface area contributed by atoms with E-state index in [0.717, 1.165) is 11.3 Å². The molecule has 158 valence electrons. The summed E-state index contributed by atoms with van der Waals surface area (Å²) in [5.41, 5.74) is 2.68. The number of nitrogens with zero attached hydrogens (tertiary/aromatic N) is 3. The van der Waals surface area contributed by atoms with Crippen LogP contribution < -0.4 is 10.1 Å². The van der Waals surface area contributed by atoms with Gasteiger partial charge in [-0.15, -0.1) is 10.2 Å². The van der Waals surface area contributed by atoms with Gasteiger partial charge in [0.2, 0.25) is 5.91 Å². The van der Waals surface area contributed by atoms with E-state index in [1.165, 1.54) is 17.3 Å². The summed E-state index contributed by atoms with van der Waals surface area (Å²) in [4.78, 5) is 12.3. The minimum absolute atomic E-state index is 0.150. The summed E-state index contributed by atoms with van der Waals surface area (Å²) in [6.07, 6.45) is 0. The fourth-order valence-corrected chi connectivity index (χ4v) is 4.11. The number of anilines is 1. The molecule has 0 radical (unpaired) electrons. The van der Waals surface area contributed by atoms with E-state index in [1.807, 2.05) is 43.5 Å². The largest absolute Gasteiger partial charge is 0.485 e. The van der Waals surface area contributed by atoms with E-state index in [-0.39, 0.29) is 11.7 Å². The Labute approximate surface area is 189 Å². The highest BCUT2D eigenvalue weighted by Crippen LogP contribution is 2.30. The van der Waals surface area contributed by atoms with Crippen LogP contribution in [0, 0.1) is 13.8 Å². The third-order valence-electron chi connectivity index (χ3n) is 4.58. The van der Waals surface area contributed by atoms with Gasteiger partial charge in [0.05, 0.1) is 21.5 Å². The van der Waals surface area contributed by atoms with Crippen LogP contribution in [0.4, 0.5) is 5.69 Å². The first-order valence-electron chi connectivity index (χ1n) is 9.38. The lowest BCUT2D eigenvalue weighted by atomic mass is 10.1. The molecule has 3 aromatic rings. The molecule has 3 rings (SSSR count). The normalized spacial score (nSPS) is 10.8. The summed E-state index contributed by atoms with van der Waals surface area (Å²) in [6.45, 7) is 7.04. The van der Waals surface area contributed by atoms with Crippen LogP contribution >= 0.6 is 35.0 Å². The number of halogens is 2. The highest BCUT2D eigenvalue weighted by Gasteiger charge is 2.15. The van der Waals surface area contributed by atoms with E-state index in [9.17, 15) is 4.79 Å². The summed E-state index contributed by atoms with van der Waals surface area (Å²) in [5, 5.41) is 12.6. The second kappa shape index (κ2) is 10.2. The number of hydrogen-bond acceptors (Lipinski definition) is 5. The van der Waals surface area contributed by atoms with Crippen molar-refractivity contribution in [2.75, 3.05) is 11.1 Å². The second-order valence-corrected chi connectivity index (χ2v) is 8.32. The lowest BCUT2D eigenvalue weighted by Gasteiger charge is -2.12. The van der Waals surface area contributed by atoms with E-state index in [0.29, 0.717) is 39.9 Å². The van der Waals surface area contributed by atoms with Crippen LogP contribution in [0.15, 0.2) is 41.6 Å².